The van der Waals surface area contributed by atoms with Gasteiger partial charge in [-0.2, -0.15) is 5.10 Å². The van der Waals surface area contributed by atoms with Crippen molar-refractivity contribution in [1.29, 1.82) is 0 Å². The van der Waals surface area contributed by atoms with Gasteiger partial charge in [-0.25, -0.2) is 0 Å². The monoisotopic (exact) mass is 273 g/mol. The number of hydrogen-bond donors (Lipinski definition) is 1. The van der Waals surface area contributed by atoms with Gasteiger partial charge in [-0.15, -0.1) is 0 Å². The van der Waals surface area contributed by atoms with Gasteiger partial charge in [-0.05, 0) is 45.2 Å². The van der Waals surface area contributed by atoms with Crippen LogP contribution in [-0.4, -0.2) is 23.3 Å². The molecule has 1 fully saturated rings. The van der Waals surface area contributed by atoms with E-state index in [2.05, 4.69) is 37.9 Å². The largest absolute Gasteiger partial charge is 0.398 e. The second-order valence-electron chi connectivity index (χ2n) is 5.68. The average Bonchev–Trinajstić information content (AvgIpc) is 2.97. The maximum atomic E-state index is 6.14. The van der Waals surface area contributed by atoms with Gasteiger partial charge in [-0.3, -0.25) is 5.01 Å². The molecule has 0 saturated heterocycles. The minimum Gasteiger partial charge on any atom is -0.398 e. The van der Waals surface area contributed by atoms with Gasteiger partial charge in [0, 0.05) is 23.8 Å². The molecule has 110 valence electrons. The summed E-state index contributed by atoms with van der Waals surface area (Å²) in [4.78, 5) is 0. The Balaban J connectivity index is 2.29. The lowest BCUT2D eigenvalue weighted by Gasteiger charge is -2.26. The predicted octanol–water partition coefficient (Wildman–Crippen LogP) is 3.96. The molecule has 0 bridgehead atoms. The van der Waals surface area contributed by atoms with E-state index < -0.39 is 0 Å². The average molecular weight is 273 g/mol. The molecule has 0 amide bonds. The molecule has 0 heterocycles. The number of anilines is 1. The first-order valence-corrected chi connectivity index (χ1v) is 7.86. The van der Waals surface area contributed by atoms with Gasteiger partial charge in [0.25, 0.3) is 0 Å². The number of rotatable bonds is 5. The van der Waals surface area contributed by atoms with Crippen molar-refractivity contribution in [1.82, 2.24) is 5.01 Å². The number of hydrogen-bond acceptors (Lipinski definition) is 3. The van der Waals surface area contributed by atoms with Gasteiger partial charge in [0.05, 0.1) is 5.71 Å². The van der Waals surface area contributed by atoms with Crippen molar-refractivity contribution in [2.24, 2.45) is 5.10 Å². The topological polar surface area (TPSA) is 41.6 Å². The maximum absolute atomic E-state index is 6.14. The zero-order chi connectivity index (χ0) is 14.5. The molecule has 3 nitrogen and oxygen atoms in total. The van der Waals surface area contributed by atoms with Crippen LogP contribution < -0.4 is 5.73 Å². The van der Waals surface area contributed by atoms with E-state index in [1.54, 1.807) is 0 Å². The number of aryl methyl sites for hydroxylation is 1. The van der Waals surface area contributed by atoms with Crippen LogP contribution in [0, 0.1) is 6.92 Å². The number of benzene rings is 1. The molecule has 0 aliphatic heterocycles. The molecular formula is C17H27N3. The highest BCUT2D eigenvalue weighted by molar-refractivity contribution is 6.04. The van der Waals surface area contributed by atoms with Crippen LogP contribution in [0.25, 0.3) is 0 Å². The molecule has 3 heteroatoms. The maximum Gasteiger partial charge on any atom is 0.0695 e. The molecule has 0 spiro atoms. The van der Waals surface area contributed by atoms with Gasteiger partial charge in [0.15, 0.2) is 0 Å². The van der Waals surface area contributed by atoms with E-state index in [4.69, 9.17) is 10.8 Å². The van der Waals surface area contributed by atoms with E-state index in [9.17, 15) is 0 Å². The Kier molecular flexibility index (Phi) is 5.05. The number of nitrogen functional groups attached to an aromatic ring is 1. The SMILES string of the molecule is CC/C(=N\N(CC)C1CCCC1)c1cc(C)ccc1N. The summed E-state index contributed by atoms with van der Waals surface area (Å²) in [6, 6.07) is 6.82. The Morgan fingerprint density at radius 2 is 2.00 bits per heavy atom. The zero-order valence-corrected chi connectivity index (χ0v) is 13.0. The predicted molar refractivity (Wildman–Crippen MR) is 87.1 cm³/mol. The summed E-state index contributed by atoms with van der Waals surface area (Å²) in [5, 5.41) is 7.21. The summed E-state index contributed by atoms with van der Waals surface area (Å²) in [6.45, 7) is 7.42. The van der Waals surface area contributed by atoms with Crippen LogP contribution in [0.1, 0.15) is 57.1 Å². The van der Waals surface area contributed by atoms with Crippen molar-refractivity contribution in [3.8, 4) is 0 Å². The summed E-state index contributed by atoms with van der Waals surface area (Å²) in [7, 11) is 0. The molecule has 0 radical (unpaired) electrons. The highest BCUT2D eigenvalue weighted by Gasteiger charge is 2.21. The molecule has 2 N–H and O–H groups in total. The van der Waals surface area contributed by atoms with Gasteiger partial charge in [0.2, 0.25) is 0 Å². The number of nitrogens with zero attached hydrogens (tertiary/aromatic N) is 2. The van der Waals surface area contributed by atoms with Crippen LogP contribution in [0.4, 0.5) is 5.69 Å². The second kappa shape index (κ2) is 6.78. The van der Waals surface area contributed by atoms with Crippen molar-refractivity contribution >= 4 is 11.4 Å². The summed E-state index contributed by atoms with van der Waals surface area (Å²) in [5.41, 5.74) is 10.4. The molecule has 1 aliphatic carbocycles. The normalized spacial score (nSPS) is 16.6. The first-order valence-electron chi connectivity index (χ1n) is 7.86. The van der Waals surface area contributed by atoms with Crippen molar-refractivity contribution in [2.75, 3.05) is 12.3 Å². The van der Waals surface area contributed by atoms with E-state index in [0.29, 0.717) is 6.04 Å². The number of hydrazone groups is 1. The quantitative estimate of drug-likeness (QED) is 0.501. The van der Waals surface area contributed by atoms with Crippen LogP contribution in [0.2, 0.25) is 0 Å². The van der Waals surface area contributed by atoms with Gasteiger partial charge in [-0.1, -0.05) is 31.4 Å². The molecule has 1 aromatic carbocycles. The highest BCUT2D eigenvalue weighted by Crippen LogP contribution is 2.25. The van der Waals surface area contributed by atoms with Crippen molar-refractivity contribution in [3.05, 3.63) is 29.3 Å². The van der Waals surface area contributed by atoms with Gasteiger partial charge < -0.3 is 5.73 Å². The van der Waals surface area contributed by atoms with Gasteiger partial charge in [0.1, 0.15) is 0 Å². The molecule has 1 saturated carbocycles. The third-order valence-corrected chi connectivity index (χ3v) is 4.17. The second-order valence-corrected chi connectivity index (χ2v) is 5.68. The Bertz CT molecular complexity index is 473. The lowest BCUT2D eigenvalue weighted by molar-refractivity contribution is 0.218. The van der Waals surface area contributed by atoms with E-state index in [-0.39, 0.29) is 0 Å². The molecule has 0 aromatic heterocycles. The third kappa shape index (κ3) is 3.33. The summed E-state index contributed by atoms with van der Waals surface area (Å²) in [6.07, 6.45) is 6.14. The number of nitrogens with two attached hydrogens (primary N) is 1. The van der Waals surface area contributed by atoms with Crippen molar-refractivity contribution in [3.63, 3.8) is 0 Å². The first kappa shape index (κ1) is 14.9. The summed E-state index contributed by atoms with van der Waals surface area (Å²) in [5.74, 6) is 0. The Labute approximate surface area is 122 Å². The highest BCUT2D eigenvalue weighted by atomic mass is 15.5. The molecule has 1 aliphatic rings. The molecular weight excluding hydrogens is 246 g/mol. The van der Waals surface area contributed by atoms with E-state index >= 15 is 0 Å². The van der Waals surface area contributed by atoms with E-state index in [0.717, 1.165) is 29.9 Å². The van der Waals surface area contributed by atoms with Crippen LogP contribution in [0.15, 0.2) is 23.3 Å². The molecule has 20 heavy (non-hydrogen) atoms. The molecule has 1 aromatic rings. The van der Waals surface area contributed by atoms with Crippen molar-refractivity contribution in [2.45, 2.75) is 58.9 Å². The lowest BCUT2D eigenvalue weighted by Crippen LogP contribution is -2.29. The van der Waals surface area contributed by atoms with Crippen LogP contribution in [0.3, 0.4) is 0 Å². The minimum absolute atomic E-state index is 0.618. The Morgan fingerprint density at radius 1 is 1.30 bits per heavy atom. The zero-order valence-electron chi connectivity index (χ0n) is 13.0. The minimum atomic E-state index is 0.618. The molecule has 0 atom stereocenters. The Morgan fingerprint density at radius 3 is 2.60 bits per heavy atom. The Hall–Kier alpha value is -1.51. The standard InChI is InChI=1S/C17H27N3/c1-4-17(15-12-13(3)10-11-16(15)18)19-20(5-2)14-8-6-7-9-14/h10-12,14H,4-9,18H2,1-3H3/b19-17+. The fourth-order valence-electron chi connectivity index (χ4n) is 3.00. The smallest absolute Gasteiger partial charge is 0.0695 e. The third-order valence-electron chi connectivity index (χ3n) is 4.17. The van der Waals surface area contributed by atoms with E-state index in [1.165, 1.54) is 31.2 Å². The first-order chi connectivity index (χ1) is 9.65. The van der Waals surface area contributed by atoms with E-state index in [1.807, 2.05) is 6.07 Å². The van der Waals surface area contributed by atoms with Crippen LogP contribution >= 0.6 is 0 Å². The van der Waals surface area contributed by atoms with Gasteiger partial charge >= 0.3 is 0 Å². The van der Waals surface area contributed by atoms with Crippen LogP contribution in [0.5, 0.6) is 0 Å². The fourth-order valence-corrected chi connectivity index (χ4v) is 3.00. The van der Waals surface area contributed by atoms with Crippen LogP contribution in [-0.2, 0) is 0 Å². The summed E-state index contributed by atoms with van der Waals surface area (Å²) < 4.78 is 0. The van der Waals surface area contributed by atoms with Crippen molar-refractivity contribution < 1.29 is 0 Å². The fraction of sp³-hybridized carbons (Fsp3) is 0.588. The summed E-state index contributed by atoms with van der Waals surface area (Å²) >= 11 is 0. The lowest BCUT2D eigenvalue weighted by atomic mass is 10.0. The molecule has 0 unspecified atom stereocenters. The molecule has 2 rings (SSSR count).